The van der Waals surface area contributed by atoms with Crippen LogP contribution < -0.4 is 5.73 Å². The summed E-state index contributed by atoms with van der Waals surface area (Å²) in [6.45, 7) is 4.88. The molecule has 1 saturated carbocycles. The van der Waals surface area contributed by atoms with Crippen LogP contribution in [0.4, 0.5) is 0 Å². The zero-order valence-corrected chi connectivity index (χ0v) is 10.0. The molecule has 1 fully saturated rings. The van der Waals surface area contributed by atoms with Gasteiger partial charge in [0.05, 0.1) is 16.8 Å². The second kappa shape index (κ2) is 3.85. The highest BCUT2D eigenvalue weighted by Gasteiger charge is 2.45. The predicted molar refractivity (Wildman–Crippen MR) is 62.2 cm³/mol. The average Bonchev–Trinajstić information content (AvgIpc) is 2.61. The molecule has 1 heterocycles. The Labute approximate surface area is 94.3 Å². The van der Waals surface area contributed by atoms with Crippen LogP contribution in [0.1, 0.15) is 43.3 Å². The molecule has 3 nitrogen and oxygen atoms in total. The lowest BCUT2D eigenvalue weighted by Crippen LogP contribution is -2.50. The first kappa shape index (κ1) is 11.0. The van der Waals surface area contributed by atoms with E-state index in [-0.39, 0.29) is 11.5 Å². The van der Waals surface area contributed by atoms with E-state index in [0.29, 0.717) is 12.5 Å². The second-order valence-corrected chi connectivity index (χ2v) is 5.66. The summed E-state index contributed by atoms with van der Waals surface area (Å²) in [5.41, 5.74) is 6.85. The Morgan fingerprint density at radius 3 is 2.73 bits per heavy atom. The topological polar surface area (TPSA) is 59.1 Å². The highest BCUT2D eigenvalue weighted by atomic mass is 32.1. The summed E-state index contributed by atoms with van der Waals surface area (Å²) in [5, 5.41) is 12.7. The van der Waals surface area contributed by atoms with Crippen molar-refractivity contribution < 1.29 is 5.11 Å². The van der Waals surface area contributed by atoms with Crippen molar-refractivity contribution in [2.75, 3.05) is 6.54 Å². The third kappa shape index (κ3) is 1.82. The molecule has 0 unspecified atom stereocenters. The average molecular weight is 226 g/mol. The molecule has 0 spiro atoms. The number of aliphatic hydroxyl groups is 1. The molecule has 0 amide bonds. The number of hydrogen-bond acceptors (Lipinski definition) is 4. The molecular formula is C11H18N2OS. The molecule has 1 aromatic rings. The van der Waals surface area contributed by atoms with E-state index >= 15 is 0 Å². The first-order valence-electron chi connectivity index (χ1n) is 5.41. The Kier molecular flexibility index (Phi) is 2.83. The van der Waals surface area contributed by atoms with Gasteiger partial charge in [0.1, 0.15) is 0 Å². The van der Waals surface area contributed by atoms with E-state index < -0.39 is 0 Å². The van der Waals surface area contributed by atoms with Gasteiger partial charge in [-0.1, -0.05) is 13.8 Å². The summed E-state index contributed by atoms with van der Waals surface area (Å²) < 4.78 is 0. The summed E-state index contributed by atoms with van der Waals surface area (Å²) in [7, 11) is 0. The van der Waals surface area contributed by atoms with E-state index in [0.717, 1.165) is 18.5 Å². The molecule has 0 saturated heterocycles. The third-order valence-electron chi connectivity index (χ3n) is 3.20. The lowest BCUT2D eigenvalue weighted by molar-refractivity contribution is 0.0203. The number of thiazole rings is 1. The summed E-state index contributed by atoms with van der Waals surface area (Å²) in [4.78, 5) is 4.64. The van der Waals surface area contributed by atoms with Gasteiger partial charge in [-0.05, 0) is 12.8 Å². The van der Waals surface area contributed by atoms with E-state index in [1.807, 2.05) is 0 Å². The molecule has 0 aliphatic heterocycles. The Morgan fingerprint density at radius 2 is 2.33 bits per heavy atom. The monoisotopic (exact) mass is 226 g/mol. The van der Waals surface area contributed by atoms with Gasteiger partial charge in [-0.3, -0.25) is 0 Å². The number of aliphatic hydroxyl groups excluding tert-OH is 1. The summed E-state index contributed by atoms with van der Waals surface area (Å²) in [5.74, 6) is 0.476. The molecule has 3 N–H and O–H groups in total. The van der Waals surface area contributed by atoms with Gasteiger partial charge in [-0.15, -0.1) is 11.3 Å². The van der Waals surface area contributed by atoms with Crippen molar-refractivity contribution in [3.8, 4) is 0 Å². The van der Waals surface area contributed by atoms with Crippen LogP contribution in [0.3, 0.4) is 0 Å². The molecule has 84 valence electrons. The van der Waals surface area contributed by atoms with Gasteiger partial charge in [-0.2, -0.15) is 0 Å². The van der Waals surface area contributed by atoms with Gasteiger partial charge >= 0.3 is 0 Å². The van der Waals surface area contributed by atoms with Crippen molar-refractivity contribution in [3.05, 3.63) is 16.1 Å². The van der Waals surface area contributed by atoms with Gasteiger partial charge in [0.15, 0.2) is 0 Å². The highest BCUT2D eigenvalue weighted by molar-refractivity contribution is 7.09. The second-order valence-electron chi connectivity index (χ2n) is 4.77. The van der Waals surface area contributed by atoms with Gasteiger partial charge in [-0.25, -0.2) is 4.98 Å². The quantitative estimate of drug-likeness (QED) is 0.823. The predicted octanol–water partition coefficient (Wildman–Crippen LogP) is 1.62. The van der Waals surface area contributed by atoms with Crippen LogP contribution in [-0.4, -0.2) is 22.7 Å². The Hall–Kier alpha value is -0.450. The lowest BCUT2D eigenvalue weighted by atomic mass is 9.65. The Balaban J connectivity index is 2.21. The van der Waals surface area contributed by atoms with Crippen LogP contribution in [0, 0.1) is 0 Å². The maximum absolute atomic E-state index is 9.41. The van der Waals surface area contributed by atoms with Crippen molar-refractivity contribution in [1.29, 1.82) is 0 Å². The van der Waals surface area contributed by atoms with E-state index in [2.05, 4.69) is 24.2 Å². The smallest absolute Gasteiger partial charge is 0.0953 e. The van der Waals surface area contributed by atoms with Gasteiger partial charge in [0.25, 0.3) is 0 Å². The summed E-state index contributed by atoms with van der Waals surface area (Å²) in [6, 6.07) is 0. The van der Waals surface area contributed by atoms with E-state index in [9.17, 15) is 5.11 Å². The molecule has 0 bridgehead atoms. The summed E-state index contributed by atoms with van der Waals surface area (Å²) >= 11 is 1.70. The highest BCUT2D eigenvalue weighted by Crippen LogP contribution is 2.43. The molecule has 0 aromatic carbocycles. The number of rotatable bonds is 3. The largest absolute Gasteiger partial charge is 0.393 e. The van der Waals surface area contributed by atoms with E-state index in [4.69, 9.17) is 5.73 Å². The van der Waals surface area contributed by atoms with Crippen molar-refractivity contribution in [2.24, 2.45) is 5.73 Å². The summed E-state index contributed by atoms with van der Waals surface area (Å²) in [6.07, 6.45) is 1.35. The molecule has 0 radical (unpaired) electrons. The minimum atomic E-state index is -0.183. The number of nitrogens with zero attached hydrogens (tertiary/aromatic N) is 1. The fourth-order valence-electron chi connectivity index (χ4n) is 2.12. The molecule has 1 aliphatic rings. The molecular weight excluding hydrogens is 208 g/mol. The molecule has 1 aliphatic carbocycles. The maximum atomic E-state index is 9.41. The molecule has 0 atom stereocenters. The minimum absolute atomic E-state index is 0.0386. The molecule has 15 heavy (non-hydrogen) atoms. The van der Waals surface area contributed by atoms with Gasteiger partial charge in [0.2, 0.25) is 0 Å². The first-order valence-corrected chi connectivity index (χ1v) is 6.29. The molecule has 4 heteroatoms. The maximum Gasteiger partial charge on any atom is 0.0953 e. The van der Waals surface area contributed by atoms with Crippen LogP contribution >= 0.6 is 11.3 Å². The lowest BCUT2D eigenvalue weighted by Gasteiger charge is -2.43. The van der Waals surface area contributed by atoms with E-state index in [1.54, 1.807) is 11.3 Å². The molecule has 1 aromatic heterocycles. The van der Waals surface area contributed by atoms with Crippen LogP contribution in [0.15, 0.2) is 5.38 Å². The SMILES string of the molecule is CC(C)c1nc(C2(CN)CC(O)C2)cs1. The van der Waals surface area contributed by atoms with Crippen LogP contribution in [0.25, 0.3) is 0 Å². The first-order chi connectivity index (χ1) is 7.07. The normalized spacial score (nSPS) is 30.6. The third-order valence-corrected chi connectivity index (χ3v) is 4.35. The van der Waals surface area contributed by atoms with Gasteiger partial charge in [0, 0.05) is 23.3 Å². The van der Waals surface area contributed by atoms with Gasteiger partial charge < -0.3 is 10.8 Å². The van der Waals surface area contributed by atoms with Crippen molar-refractivity contribution in [2.45, 2.75) is 44.1 Å². The number of hydrogen-bond donors (Lipinski definition) is 2. The zero-order chi connectivity index (χ0) is 11.1. The standard InChI is InChI=1S/C11H18N2OS/c1-7(2)10-13-9(5-15-10)11(6-12)3-8(14)4-11/h5,7-8,14H,3-4,6,12H2,1-2H3. The fourth-order valence-corrected chi connectivity index (χ4v) is 3.08. The fraction of sp³-hybridized carbons (Fsp3) is 0.727. The molecule has 2 rings (SSSR count). The Morgan fingerprint density at radius 1 is 1.67 bits per heavy atom. The zero-order valence-electron chi connectivity index (χ0n) is 9.23. The van der Waals surface area contributed by atoms with Crippen LogP contribution in [0.5, 0.6) is 0 Å². The Bertz CT molecular complexity index is 342. The van der Waals surface area contributed by atoms with Crippen LogP contribution in [-0.2, 0) is 5.41 Å². The van der Waals surface area contributed by atoms with Crippen LogP contribution in [0.2, 0.25) is 0 Å². The van der Waals surface area contributed by atoms with E-state index in [1.165, 1.54) is 5.01 Å². The van der Waals surface area contributed by atoms with Crippen molar-refractivity contribution in [1.82, 2.24) is 4.98 Å². The van der Waals surface area contributed by atoms with Crippen molar-refractivity contribution in [3.63, 3.8) is 0 Å². The van der Waals surface area contributed by atoms with Crippen molar-refractivity contribution >= 4 is 11.3 Å². The minimum Gasteiger partial charge on any atom is -0.393 e. The number of nitrogens with two attached hydrogens (primary N) is 1. The number of aromatic nitrogens is 1.